The summed E-state index contributed by atoms with van der Waals surface area (Å²) in [5.41, 5.74) is 2.67. The Labute approximate surface area is 48.6 Å². The lowest BCUT2D eigenvalue weighted by molar-refractivity contribution is -0.127. The van der Waals surface area contributed by atoms with Gasteiger partial charge in [-0.05, 0) is 6.42 Å². The monoisotopic (exact) mass is 114 g/mol. The van der Waals surface area contributed by atoms with Crippen LogP contribution in [-0.2, 0) is 4.79 Å². The highest BCUT2D eigenvalue weighted by Gasteiger charge is 2.09. The van der Waals surface area contributed by atoms with Crippen molar-refractivity contribution in [3.63, 3.8) is 0 Å². The minimum atomic E-state index is 0.138. The van der Waals surface area contributed by atoms with Gasteiger partial charge in [0.2, 0.25) is 5.91 Å². The first-order valence-corrected chi connectivity index (χ1v) is 2.79. The van der Waals surface area contributed by atoms with Gasteiger partial charge in [-0.3, -0.25) is 10.2 Å². The molecular weight excluding hydrogens is 104 g/mol. The van der Waals surface area contributed by atoms with E-state index in [1.54, 1.807) is 0 Å². The fourth-order valence-electron chi connectivity index (χ4n) is 0.801. The average Bonchev–Trinajstić information content (AvgIpc) is 1.64. The molecule has 1 amide bonds. The van der Waals surface area contributed by atoms with Gasteiger partial charge in [-0.2, -0.15) is 0 Å². The molecule has 0 saturated carbocycles. The maximum Gasteiger partial charge on any atom is 0.234 e. The zero-order chi connectivity index (χ0) is 5.98. The SMILES string of the molecule is CN1CCCC(=O)N1. The standard InChI is InChI=1S/C5H10N2O/c1-7-4-2-3-5(8)6-7/h2-4H2,1H3,(H,6,8). The molecule has 0 aromatic heterocycles. The topological polar surface area (TPSA) is 32.3 Å². The van der Waals surface area contributed by atoms with Crippen LogP contribution in [0.4, 0.5) is 0 Å². The quantitative estimate of drug-likeness (QED) is 0.470. The number of hydrazine groups is 1. The molecule has 0 aliphatic carbocycles. The van der Waals surface area contributed by atoms with Gasteiger partial charge in [0.15, 0.2) is 0 Å². The molecule has 0 unspecified atom stereocenters. The van der Waals surface area contributed by atoms with E-state index in [2.05, 4.69) is 5.43 Å². The number of nitrogens with one attached hydrogen (secondary N) is 1. The van der Waals surface area contributed by atoms with Crippen molar-refractivity contribution < 1.29 is 4.79 Å². The van der Waals surface area contributed by atoms with Crippen LogP contribution in [0, 0.1) is 0 Å². The average molecular weight is 114 g/mol. The van der Waals surface area contributed by atoms with Crippen molar-refractivity contribution in [2.24, 2.45) is 0 Å². The van der Waals surface area contributed by atoms with Gasteiger partial charge >= 0.3 is 0 Å². The van der Waals surface area contributed by atoms with Crippen LogP contribution >= 0.6 is 0 Å². The first-order valence-electron chi connectivity index (χ1n) is 2.79. The molecule has 0 spiro atoms. The minimum Gasteiger partial charge on any atom is -0.289 e. The highest BCUT2D eigenvalue weighted by atomic mass is 16.2. The van der Waals surface area contributed by atoms with E-state index < -0.39 is 0 Å². The van der Waals surface area contributed by atoms with E-state index in [-0.39, 0.29) is 5.91 Å². The molecule has 8 heavy (non-hydrogen) atoms. The van der Waals surface area contributed by atoms with Crippen LogP contribution in [0.5, 0.6) is 0 Å². The molecule has 3 heteroatoms. The van der Waals surface area contributed by atoms with E-state index in [4.69, 9.17) is 0 Å². The Morgan fingerprint density at radius 2 is 2.50 bits per heavy atom. The lowest BCUT2D eigenvalue weighted by Crippen LogP contribution is -2.43. The van der Waals surface area contributed by atoms with E-state index in [1.807, 2.05) is 12.1 Å². The van der Waals surface area contributed by atoms with Crippen molar-refractivity contribution >= 4 is 5.91 Å². The summed E-state index contributed by atoms with van der Waals surface area (Å²) in [4.78, 5) is 10.5. The number of nitrogens with zero attached hydrogens (tertiary/aromatic N) is 1. The van der Waals surface area contributed by atoms with Gasteiger partial charge in [0.1, 0.15) is 0 Å². The maximum atomic E-state index is 10.5. The normalized spacial score (nSPS) is 22.9. The Hall–Kier alpha value is -0.570. The van der Waals surface area contributed by atoms with Crippen LogP contribution in [0.25, 0.3) is 0 Å². The largest absolute Gasteiger partial charge is 0.289 e. The fourth-order valence-corrected chi connectivity index (χ4v) is 0.801. The summed E-state index contributed by atoms with van der Waals surface area (Å²) in [6, 6.07) is 0. The van der Waals surface area contributed by atoms with Crippen molar-refractivity contribution in [1.29, 1.82) is 0 Å². The summed E-state index contributed by atoms with van der Waals surface area (Å²) in [5.74, 6) is 0.138. The summed E-state index contributed by atoms with van der Waals surface area (Å²) in [6.07, 6.45) is 1.67. The minimum absolute atomic E-state index is 0.138. The van der Waals surface area contributed by atoms with Crippen LogP contribution in [-0.4, -0.2) is 24.5 Å². The lowest BCUT2D eigenvalue weighted by Gasteiger charge is -2.22. The third kappa shape index (κ3) is 1.20. The van der Waals surface area contributed by atoms with E-state index in [9.17, 15) is 4.79 Å². The first kappa shape index (κ1) is 5.56. The van der Waals surface area contributed by atoms with Crippen molar-refractivity contribution in [2.45, 2.75) is 12.8 Å². The third-order valence-electron chi connectivity index (χ3n) is 1.21. The molecule has 3 nitrogen and oxygen atoms in total. The molecule has 1 heterocycles. The Morgan fingerprint density at radius 1 is 1.75 bits per heavy atom. The first-order chi connectivity index (χ1) is 3.79. The summed E-state index contributed by atoms with van der Waals surface area (Å²) in [7, 11) is 1.87. The summed E-state index contributed by atoms with van der Waals surface area (Å²) < 4.78 is 0. The summed E-state index contributed by atoms with van der Waals surface area (Å²) in [6.45, 7) is 0.978. The number of carbonyl (C=O) groups is 1. The highest BCUT2D eigenvalue weighted by Crippen LogP contribution is 1.96. The number of rotatable bonds is 0. The molecule has 1 rings (SSSR count). The second kappa shape index (κ2) is 2.13. The zero-order valence-corrected chi connectivity index (χ0v) is 4.98. The second-order valence-corrected chi connectivity index (χ2v) is 2.06. The van der Waals surface area contributed by atoms with E-state index >= 15 is 0 Å². The molecule has 1 saturated heterocycles. The molecule has 0 aromatic rings. The molecule has 1 N–H and O–H groups in total. The van der Waals surface area contributed by atoms with Crippen LogP contribution < -0.4 is 5.43 Å². The molecule has 1 fully saturated rings. The molecule has 1 aliphatic heterocycles. The highest BCUT2D eigenvalue weighted by molar-refractivity contribution is 5.75. The van der Waals surface area contributed by atoms with Gasteiger partial charge in [0, 0.05) is 20.0 Å². The Morgan fingerprint density at radius 3 is 2.88 bits per heavy atom. The van der Waals surface area contributed by atoms with Crippen LogP contribution in [0.15, 0.2) is 0 Å². The number of hydrogen-bond acceptors (Lipinski definition) is 2. The molecular formula is C5H10N2O. The summed E-state index contributed by atoms with van der Waals surface area (Å²) >= 11 is 0. The van der Waals surface area contributed by atoms with Crippen molar-refractivity contribution in [3.8, 4) is 0 Å². The molecule has 0 aromatic carbocycles. The van der Waals surface area contributed by atoms with Crippen LogP contribution in [0.3, 0.4) is 0 Å². The number of hydrogen-bond donors (Lipinski definition) is 1. The van der Waals surface area contributed by atoms with Gasteiger partial charge in [-0.25, -0.2) is 5.01 Å². The fraction of sp³-hybridized carbons (Fsp3) is 0.800. The lowest BCUT2D eigenvalue weighted by atomic mass is 10.2. The molecule has 0 atom stereocenters. The maximum absolute atomic E-state index is 10.5. The molecule has 1 aliphatic rings. The second-order valence-electron chi connectivity index (χ2n) is 2.06. The Kier molecular flexibility index (Phi) is 1.48. The van der Waals surface area contributed by atoms with Crippen LogP contribution in [0.2, 0.25) is 0 Å². The van der Waals surface area contributed by atoms with E-state index in [1.165, 1.54) is 0 Å². The van der Waals surface area contributed by atoms with E-state index in [0.29, 0.717) is 6.42 Å². The van der Waals surface area contributed by atoms with E-state index in [0.717, 1.165) is 13.0 Å². The Bertz CT molecular complexity index is 103. The van der Waals surface area contributed by atoms with Gasteiger partial charge in [-0.15, -0.1) is 0 Å². The van der Waals surface area contributed by atoms with Gasteiger partial charge in [0.25, 0.3) is 0 Å². The smallest absolute Gasteiger partial charge is 0.234 e. The van der Waals surface area contributed by atoms with Gasteiger partial charge in [-0.1, -0.05) is 0 Å². The Balaban J connectivity index is 2.34. The van der Waals surface area contributed by atoms with Crippen molar-refractivity contribution in [3.05, 3.63) is 0 Å². The third-order valence-corrected chi connectivity index (χ3v) is 1.21. The van der Waals surface area contributed by atoms with Gasteiger partial charge < -0.3 is 0 Å². The number of carbonyl (C=O) groups excluding carboxylic acids is 1. The molecule has 0 radical (unpaired) electrons. The number of amides is 1. The van der Waals surface area contributed by atoms with Crippen molar-refractivity contribution in [1.82, 2.24) is 10.4 Å². The zero-order valence-electron chi connectivity index (χ0n) is 4.98. The predicted molar refractivity (Wildman–Crippen MR) is 30.0 cm³/mol. The summed E-state index contributed by atoms with van der Waals surface area (Å²) in [5, 5.41) is 1.81. The van der Waals surface area contributed by atoms with Gasteiger partial charge in [0.05, 0.1) is 0 Å². The molecule has 0 bridgehead atoms. The van der Waals surface area contributed by atoms with Crippen LogP contribution in [0.1, 0.15) is 12.8 Å². The predicted octanol–water partition coefficient (Wildman–Crippen LogP) is -0.257. The van der Waals surface area contributed by atoms with Crippen molar-refractivity contribution in [2.75, 3.05) is 13.6 Å². The molecule has 46 valence electrons.